The number of hydrogen-bond acceptors (Lipinski definition) is 1. The van der Waals surface area contributed by atoms with Crippen LogP contribution in [0.15, 0.2) is 36.5 Å². The van der Waals surface area contributed by atoms with Crippen molar-refractivity contribution in [2.45, 2.75) is 11.8 Å². The number of benzene rings is 1. The van der Waals surface area contributed by atoms with Gasteiger partial charge in [0, 0.05) is 17.9 Å². The highest BCUT2D eigenvalue weighted by Gasteiger charge is 2.04. The van der Waals surface area contributed by atoms with E-state index in [-0.39, 0.29) is 0 Å². The lowest BCUT2D eigenvalue weighted by atomic mass is 10.1. The van der Waals surface area contributed by atoms with E-state index in [1.807, 2.05) is 12.3 Å². The fourth-order valence-electron chi connectivity index (χ4n) is 1.43. The maximum atomic E-state index is 4.16. The number of aromatic nitrogens is 2. The number of nitrogens with zero attached hydrogens (tertiary/aromatic N) is 1. The van der Waals surface area contributed by atoms with Crippen molar-refractivity contribution in [3.8, 4) is 0 Å². The Morgan fingerprint density at radius 2 is 2.00 bits per heavy atom. The minimum absolute atomic E-state index is 0.804. The molecule has 2 aromatic rings. The number of rotatable bonds is 3. The Hall–Kier alpha value is -1.09. The Kier molecular flexibility index (Phi) is 2.99. The van der Waals surface area contributed by atoms with Crippen molar-refractivity contribution in [3.63, 3.8) is 0 Å². The molecule has 0 bridgehead atoms. The van der Waals surface area contributed by atoms with Crippen LogP contribution in [0.1, 0.15) is 16.8 Å². The molecule has 1 aromatic heterocycles. The van der Waals surface area contributed by atoms with Gasteiger partial charge in [0.2, 0.25) is 0 Å². The monoisotopic (exact) mass is 250 g/mol. The molecule has 3 heteroatoms. The van der Waals surface area contributed by atoms with Crippen molar-refractivity contribution in [2.24, 2.45) is 0 Å². The molecular formula is C11H11BrN2. The summed E-state index contributed by atoms with van der Waals surface area (Å²) in [6, 6.07) is 10.4. The molecule has 0 saturated carbocycles. The van der Waals surface area contributed by atoms with Gasteiger partial charge in [-0.15, -0.1) is 0 Å². The molecule has 14 heavy (non-hydrogen) atoms. The van der Waals surface area contributed by atoms with Gasteiger partial charge in [-0.05, 0) is 11.1 Å². The molecule has 0 unspecified atom stereocenters. The molecular weight excluding hydrogens is 240 g/mol. The first-order chi connectivity index (χ1) is 6.90. The number of hydrogen-bond donors (Lipinski definition) is 1. The first-order valence-corrected chi connectivity index (χ1v) is 5.63. The molecule has 0 atom stereocenters. The zero-order valence-electron chi connectivity index (χ0n) is 7.70. The number of alkyl halides is 1. The SMILES string of the molecule is BrCc1n[nH]cc1Cc1ccccc1. The van der Waals surface area contributed by atoms with Gasteiger partial charge in [0.25, 0.3) is 0 Å². The van der Waals surface area contributed by atoms with Gasteiger partial charge in [0.05, 0.1) is 5.69 Å². The first-order valence-electron chi connectivity index (χ1n) is 4.51. The van der Waals surface area contributed by atoms with Crippen LogP contribution in [-0.4, -0.2) is 10.2 Å². The standard InChI is InChI=1S/C11H11BrN2/c12-7-11-10(8-13-14-11)6-9-4-2-1-3-5-9/h1-5,8H,6-7H2,(H,13,14). The van der Waals surface area contributed by atoms with E-state index in [0.717, 1.165) is 17.4 Å². The summed E-state index contributed by atoms with van der Waals surface area (Å²) in [5.41, 5.74) is 3.66. The number of nitrogens with one attached hydrogen (secondary N) is 1. The Morgan fingerprint density at radius 1 is 1.21 bits per heavy atom. The van der Waals surface area contributed by atoms with Gasteiger partial charge in [0.15, 0.2) is 0 Å². The van der Waals surface area contributed by atoms with Gasteiger partial charge in [-0.3, -0.25) is 5.10 Å². The lowest BCUT2D eigenvalue weighted by Gasteiger charge is -1.99. The zero-order valence-corrected chi connectivity index (χ0v) is 9.29. The maximum Gasteiger partial charge on any atom is 0.0762 e. The van der Waals surface area contributed by atoms with Crippen LogP contribution in [0.4, 0.5) is 0 Å². The summed E-state index contributed by atoms with van der Waals surface area (Å²) in [6.45, 7) is 0. The zero-order chi connectivity index (χ0) is 9.80. The largest absolute Gasteiger partial charge is 0.285 e. The normalized spacial score (nSPS) is 10.4. The molecule has 72 valence electrons. The molecule has 0 aliphatic rings. The van der Waals surface area contributed by atoms with Crippen molar-refractivity contribution < 1.29 is 0 Å². The third kappa shape index (κ3) is 2.04. The van der Waals surface area contributed by atoms with Crippen LogP contribution >= 0.6 is 15.9 Å². The predicted molar refractivity (Wildman–Crippen MR) is 60.5 cm³/mol. The summed E-state index contributed by atoms with van der Waals surface area (Å²) in [4.78, 5) is 0. The van der Waals surface area contributed by atoms with Gasteiger partial charge in [-0.1, -0.05) is 46.3 Å². The second kappa shape index (κ2) is 4.42. The fourth-order valence-corrected chi connectivity index (χ4v) is 1.91. The third-order valence-electron chi connectivity index (χ3n) is 2.17. The van der Waals surface area contributed by atoms with E-state index >= 15 is 0 Å². The van der Waals surface area contributed by atoms with Crippen molar-refractivity contribution in [2.75, 3.05) is 0 Å². The van der Waals surface area contributed by atoms with E-state index in [4.69, 9.17) is 0 Å². The van der Waals surface area contributed by atoms with E-state index in [0.29, 0.717) is 0 Å². The van der Waals surface area contributed by atoms with E-state index in [1.54, 1.807) is 0 Å². The topological polar surface area (TPSA) is 28.7 Å². The number of halogens is 1. The average Bonchev–Trinajstić information content (AvgIpc) is 2.67. The molecule has 1 aromatic carbocycles. The highest BCUT2D eigenvalue weighted by Crippen LogP contribution is 2.13. The van der Waals surface area contributed by atoms with Gasteiger partial charge < -0.3 is 0 Å². The summed E-state index contributed by atoms with van der Waals surface area (Å²) in [7, 11) is 0. The van der Waals surface area contributed by atoms with Crippen LogP contribution in [-0.2, 0) is 11.8 Å². The molecule has 0 saturated heterocycles. The lowest BCUT2D eigenvalue weighted by molar-refractivity contribution is 1.03. The molecule has 0 radical (unpaired) electrons. The smallest absolute Gasteiger partial charge is 0.0762 e. The molecule has 0 fully saturated rings. The molecule has 0 aliphatic heterocycles. The number of aromatic amines is 1. The predicted octanol–water partition coefficient (Wildman–Crippen LogP) is 2.90. The Bertz CT molecular complexity index is 395. The summed E-state index contributed by atoms with van der Waals surface area (Å²) < 4.78 is 0. The second-order valence-electron chi connectivity index (χ2n) is 3.15. The highest BCUT2D eigenvalue weighted by molar-refractivity contribution is 9.08. The summed E-state index contributed by atoms with van der Waals surface area (Å²) in [5, 5.41) is 7.85. The Balaban J connectivity index is 2.19. The molecule has 0 spiro atoms. The Labute approximate surface area is 91.5 Å². The minimum Gasteiger partial charge on any atom is -0.285 e. The maximum absolute atomic E-state index is 4.16. The van der Waals surface area contributed by atoms with E-state index < -0.39 is 0 Å². The fraction of sp³-hybridized carbons (Fsp3) is 0.182. The highest BCUT2D eigenvalue weighted by atomic mass is 79.9. The van der Waals surface area contributed by atoms with E-state index in [1.165, 1.54) is 11.1 Å². The number of H-pyrrole nitrogens is 1. The summed E-state index contributed by atoms with van der Waals surface area (Å²) >= 11 is 3.42. The molecule has 2 nitrogen and oxygen atoms in total. The van der Waals surface area contributed by atoms with Crippen molar-refractivity contribution in [1.29, 1.82) is 0 Å². The first kappa shape index (κ1) is 9.46. The van der Waals surface area contributed by atoms with Crippen LogP contribution < -0.4 is 0 Å². The average molecular weight is 251 g/mol. The molecule has 2 rings (SSSR count). The van der Waals surface area contributed by atoms with E-state index in [9.17, 15) is 0 Å². The van der Waals surface area contributed by atoms with Gasteiger partial charge >= 0.3 is 0 Å². The van der Waals surface area contributed by atoms with Crippen LogP contribution in [0.3, 0.4) is 0 Å². The van der Waals surface area contributed by atoms with Crippen molar-refractivity contribution >= 4 is 15.9 Å². The Morgan fingerprint density at radius 3 is 2.71 bits per heavy atom. The summed E-state index contributed by atoms with van der Waals surface area (Å²) in [5.74, 6) is 0. The lowest BCUT2D eigenvalue weighted by Crippen LogP contribution is -1.90. The van der Waals surface area contributed by atoms with Crippen LogP contribution in [0.2, 0.25) is 0 Å². The van der Waals surface area contributed by atoms with Gasteiger partial charge in [-0.2, -0.15) is 5.10 Å². The molecule has 0 amide bonds. The van der Waals surface area contributed by atoms with E-state index in [2.05, 4.69) is 50.4 Å². The van der Waals surface area contributed by atoms with Crippen molar-refractivity contribution in [3.05, 3.63) is 53.3 Å². The minimum atomic E-state index is 0.804. The van der Waals surface area contributed by atoms with Crippen LogP contribution in [0.25, 0.3) is 0 Å². The van der Waals surface area contributed by atoms with Crippen molar-refractivity contribution in [1.82, 2.24) is 10.2 Å². The quantitative estimate of drug-likeness (QED) is 0.835. The summed E-state index contributed by atoms with van der Waals surface area (Å²) in [6.07, 6.45) is 2.90. The molecule has 1 N–H and O–H groups in total. The third-order valence-corrected chi connectivity index (χ3v) is 2.70. The molecule has 1 heterocycles. The van der Waals surface area contributed by atoms with Gasteiger partial charge in [-0.25, -0.2) is 0 Å². The van der Waals surface area contributed by atoms with Gasteiger partial charge in [0.1, 0.15) is 0 Å². The van der Waals surface area contributed by atoms with Crippen LogP contribution in [0.5, 0.6) is 0 Å². The second-order valence-corrected chi connectivity index (χ2v) is 3.71. The van der Waals surface area contributed by atoms with Crippen LogP contribution in [0, 0.1) is 0 Å². The molecule has 0 aliphatic carbocycles.